The first-order chi connectivity index (χ1) is 9.65. The van der Waals surface area contributed by atoms with E-state index in [0.717, 1.165) is 10.4 Å². The molecule has 1 amide bonds. The molecule has 0 heterocycles. The number of hydrogen-bond donors (Lipinski definition) is 2. The number of amides is 1. The molecule has 0 fully saturated rings. The third-order valence-corrected chi connectivity index (χ3v) is 4.53. The minimum Gasteiger partial charge on any atom is -0.398 e. The number of non-ortho nitro benzene ring substituents is 1. The lowest BCUT2D eigenvalue weighted by molar-refractivity contribution is -0.384. The van der Waals surface area contributed by atoms with E-state index in [1.54, 1.807) is 0 Å². The van der Waals surface area contributed by atoms with E-state index in [2.05, 4.69) is 5.32 Å². The maximum atomic E-state index is 11.9. The number of nitro benzene ring substituents is 1. The van der Waals surface area contributed by atoms with Crippen LogP contribution in [0.15, 0.2) is 18.2 Å². The third-order valence-electron chi connectivity index (χ3n) is 2.69. The zero-order valence-corrected chi connectivity index (χ0v) is 12.4. The van der Waals surface area contributed by atoms with E-state index in [9.17, 15) is 23.3 Å². The lowest BCUT2D eigenvalue weighted by Crippen LogP contribution is -2.34. The molecule has 0 radical (unpaired) electrons. The van der Waals surface area contributed by atoms with E-state index in [-0.39, 0.29) is 29.2 Å². The molecule has 0 saturated heterocycles. The van der Waals surface area contributed by atoms with Gasteiger partial charge in [0.15, 0.2) is 0 Å². The molecule has 0 atom stereocenters. The Morgan fingerprint density at radius 3 is 2.57 bits per heavy atom. The van der Waals surface area contributed by atoms with Crippen molar-refractivity contribution in [2.24, 2.45) is 0 Å². The van der Waals surface area contributed by atoms with Crippen molar-refractivity contribution < 1.29 is 18.1 Å². The van der Waals surface area contributed by atoms with Crippen LogP contribution in [0.25, 0.3) is 0 Å². The topological polar surface area (TPSA) is 136 Å². The molecule has 9 nitrogen and oxygen atoms in total. The summed E-state index contributed by atoms with van der Waals surface area (Å²) in [7, 11) is -0.659. The fraction of sp³-hybridized carbons (Fsp3) is 0.364. The number of hydrogen-bond acceptors (Lipinski definition) is 6. The number of rotatable bonds is 6. The summed E-state index contributed by atoms with van der Waals surface area (Å²) in [6, 6.07) is 3.48. The maximum Gasteiger partial charge on any atom is 0.270 e. The quantitative estimate of drug-likeness (QED) is 0.424. The van der Waals surface area contributed by atoms with Crippen molar-refractivity contribution in [3.05, 3.63) is 33.9 Å². The van der Waals surface area contributed by atoms with Crippen LogP contribution in [0.4, 0.5) is 11.4 Å². The lowest BCUT2D eigenvalue weighted by Gasteiger charge is -2.12. The summed E-state index contributed by atoms with van der Waals surface area (Å²) < 4.78 is 24.1. The number of anilines is 1. The molecule has 0 bridgehead atoms. The smallest absolute Gasteiger partial charge is 0.270 e. The number of nitrogen functional groups attached to an aromatic ring is 1. The van der Waals surface area contributed by atoms with E-state index in [4.69, 9.17) is 5.73 Å². The molecule has 1 rings (SSSR count). The van der Waals surface area contributed by atoms with Crippen LogP contribution in [-0.4, -0.2) is 49.9 Å². The maximum absolute atomic E-state index is 11.9. The Balaban J connectivity index is 2.77. The van der Waals surface area contributed by atoms with Crippen LogP contribution < -0.4 is 11.1 Å². The van der Waals surface area contributed by atoms with Gasteiger partial charge in [-0.15, -0.1) is 0 Å². The second-order valence-electron chi connectivity index (χ2n) is 4.38. The Labute approximate surface area is 121 Å². The van der Waals surface area contributed by atoms with Gasteiger partial charge in [0.25, 0.3) is 11.6 Å². The minimum atomic E-state index is -3.43. The average molecular weight is 316 g/mol. The van der Waals surface area contributed by atoms with E-state index in [1.165, 1.54) is 26.2 Å². The molecule has 0 aromatic heterocycles. The van der Waals surface area contributed by atoms with Crippen molar-refractivity contribution in [2.75, 3.05) is 32.1 Å². The van der Waals surface area contributed by atoms with Crippen LogP contribution in [0, 0.1) is 10.1 Å². The third kappa shape index (κ3) is 4.39. The number of benzene rings is 1. The summed E-state index contributed by atoms with van der Waals surface area (Å²) in [5, 5.41) is 13.0. The SMILES string of the molecule is CN(C)S(=O)(=O)CCNC(=O)c1cc([N+](=O)[O-])ccc1N. The first kappa shape index (κ1) is 16.9. The van der Waals surface area contributed by atoms with E-state index < -0.39 is 20.9 Å². The molecule has 21 heavy (non-hydrogen) atoms. The molecule has 0 spiro atoms. The molecule has 3 N–H and O–H groups in total. The second-order valence-corrected chi connectivity index (χ2v) is 6.69. The van der Waals surface area contributed by atoms with Crippen LogP contribution in [0.1, 0.15) is 10.4 Å². The van der Waals surface area contributed by atoms with Gasteiger partial charge in [-0.3, -0.25) is 14.9 Å². The molecule has 0 saturated carbocycles. The van der Waals surface area contributed by atoms with Gasteiger partial charge in [-0.25, -0.2) is 12.7 Å². The normalized spacial score (nSPS) is 11.4. The first-order valence-corrected chi connectivity index (χ1v) is 7.48. The highest BCUT2D eigenvalue weighted by atomic mass is 32.2. The molecule has 0 aliphatic heterocycles. The van der Waals surface area contributed by atoms with Crippen LogP contribution in [0.2, 0.25) is 0 Å². The number of nitrogens with zero attached hydrogens (tertiary/aromatic N) is 2. The highest BCUT2D eigenvalue weighted by Crippen LogP contribution is 2.19. The fourth-order valence-corrected chi connectivity index (χ4v) is 2.15. The zero-order valence-electron chi connectivity index (χ0n) is 11.6. The summed E-state index contributed by atoms with van der Waals surface area (Å²) in [6.07, 6.45) is 0. The van der Waals surface area contributed by atoms with Crippen molar-refractivity contribution in [1.82, 2.24) is 9.62 Å². The standard InChI is InChI=1S/C11H16N4O5S/c1-14(2)21(19,20)6-5-13-11(16)9-7-8(15(17)18)3-4-10(9)12/h3-4,7H,5-6,12H2,1-2H3,(H,13,16). The predicted molar refractivity (Wildman–Crippen MR) is 77.3 cm³/mol. The summed E-state index contributed by atoms with van der Waals surface area (Å²) in [5.41, 5.74) is 5.33. The molecule has 116 valence electrons. The minimum absolute atomic E-state index is 0.0635. The average Bonchev–Trinajstić information content (AvgIpc) is 2.38. The number of nitrogens with two attached hydrogens (primary N) is 1. The predicted octanol–water partition coefficient (Wildman–Crippen LogP) is -0.202. The Morgan fingerprint density at radius 2 is 2.05 bits per heavy atom. The van der Waals surface area contributed by atoms with Crippen LogP contribution >= 0.6 is 0 Å². The van der Waals surface area contributed by atoms with Crippen molar-refractivity contribution >= 4 is 27.3 Å². The number of carbonyl (C=O) groups is 1. The first-order valence-electron chi connectivity index (χ1n) is 5.87. The Kier molecular flexibility index (Phi) is 5.22. The molecule has 0 aliphatic rings. The number of carbonyl (C=O) groups excluding carboxylic acids is 1. The largest absolute Gasteiger partial charge is 0.398 e. The van der Waals surface area contributed by atoms with Gasteiger partial charge in [-0.2, -0.15) is 0 Å². The van der Waals surface area contributed by atoms with E-state index in [0.29, 0.717) is 0 Å². The molecular formula is C11H16N4O5S. The Hall–Kier alpha value is -2.20. The van der Waals surface area contributed by atoms with E-state index >= 15 is 0 Å². The lowest BCUT2D eigenvalue weighted by atomic mass is 10.1. The van der Waals surface area contributed by atoms with Crippen molar-refractivity contribution in [1.29, 1.82) is 0 Å². The molecular weight excluding hydrogens is 300 g/mol. The highest BCUT2D eigenvalue weighted by molar-refractivity contribution is 7.89. The molecule has 0 aliphatic carbocycles. The highest BCUT2D eigenvalue weighted by Gasteiger charge is 2.17. The Morgan fingerprint density at radius 1 is 1.43 bits per heavy atom. The summed E-state index contributed by atoms with van der Waals surface area (Å²) >= 11 is 0. The molecule has 1 aromatic carbocycles. The fourth-order valence-electron chi connectivity index (χ4n) is 1.43. The number of sulfonamides is 1. The summed E-state index contributed by atoms with van der Waals surface area (Å²) in [4.78, 5) is 21.9. The van der Waals surface area contributed by atoms with Crippen LogP contribution in [0.3, 0.4) is 0 Å². The second kappa shape index (κ2) is 6.50. The van der Waals surface area contributed by atoms with Crippen LogP contribution in [-0.2, 0) is 10.0 Å². The van der Waals surface area contributed by atoms with Crippen molar-refractivity contribution in [2.45, 2.75) is 0 Å². The van der Waals surface area contributed by atoms with Gasteiger partial charge in [0, 0.05) is 38.5 Å². The van der Waals surface area contributed by atoms with E-state index in [1.807, 2.05) is 0 Å². The van der Waals surface area contributed by atoms with Gasteiger partial charge in [0.05, 0.1) is 16.2 Å². The summed E-state index contributed by atoms with van der Waals surface area (Å²) in [5.74, 6) is -0.939. The van der Waals surface area contributed by atoms with Gasteiger partial charge in [-0.05, 0) is 6.07 Å². The van der Waals surface area contributed by atoms with Gasteiger partial charge in [0.1, 0.15) is 0 Å². The van der Waals surface area contributed by atoms with Gasteiger partial charge < -0.3 is 11.1 Å². The van der Waals surface area contributed by atoms with Gasteiger partial charge in [-0.1, -0.05) is 0 Å². The zero-order chi connectivity index (χ0) is 16.2. The molecule has 0 unspecified atom stereocenters. The summed E-state index contributed by atoms with van der Waals surface area (Å²) in [6.45, 7) is -0.124. The molecule has 1 aromatic rings. The van der Waals surface area contributed by atoms with Gasteiger partial charge in [0.2, 0.25) is 10.0 Å². The van der Waals surface area contributed by atoms with Crippen molar-refractivity contribution in [3.8, 4) is 0 Å². The van der Waals surface area contributed by atoms with Crippen molar-refractivity contribution in [3.63, 3.8) is 0 Å². The van der Waals surface area contributed by atoms with Crippen LogP contribution in [0.5, 0.6) is 0 Å². The number of nitro groups is 1. The number of nitrogens with one attached hydrogen (secondary N) is 1. The Bertz CT molecular complexity index is 657. The monoisotopic (exact) mass is 316 g/mol. The molecule has 10 heteroatoms. The van der Waals surface area contributed by atoms with Gasteiger partial charge >= 0.3 is 0 Å².